The fourth-order valence-electron chi connectivity index (χ4n) is 5.26. The second-order valence-corrected chi connectivity index (χ2v) is 14.3. The monoisotopic (exact) mass is 693 g/mol. The summed E-state index contributed by atoms with van der Waals surface area (Å²) in [6.45, 7) is 1.74. The van der Waals surface area contributed by atoms with Crippen molar-refractivity contribution >= 4 is 25.7 Å². The summed E-state index contributed by atoms with van der Waals surface area (Å²) in [6, 6.07) is -1.51. The summed E-state index contributed by atoms with van der Waals surface area (Å²) in [7, 11) is -4.67. The molecule has 0 aliphatic heterocycles. The Morgan fingerprint density at radius 3 is 1.34 bits per heavy atom. The molecule has 0 radical (unpaired) electrons. The van der Waals surface area contributed by atoms with Gasteiger partial charge < -0.3 is 25.2 Å². The third-order valence-corrected chi connectivity index (χ3v) is 9.11. The number of carbonyl (C=O) groups is 3. The lowest BCUT2D eigenvalue weighted by molar-refractivity contribution is -0.160. The van der Waals surface area contributed by atoms with Crippen molar-refractivity contribution in [2.45, 2.75) is 187 Å². The minimum Gasteiger partial charge on any atom is -0.480 e. The van der Waals surface area contributed by atoms with Crippen molar-refractivity contribution in [2.75, 3.05) is 19.8 Å². The molecule has 0 amide bonds. The van der Waals surface area contributed by atoms with Crippen molar-refractivity contribution < 1.29 is 47.5 Å². The van der Waals surface area contributed by atoms with Gasteiger partial charge in [-0.25, -0.2) is 4.57 Å². The Kier molecular flexibility index (Phi) is 30.7. The first-order chi connectivity index (χ1) is 22.6. The smallest absolute Gasteiger partial charge is 0.472 e. The van der Waals surface area contributed by atoms with E-state index < -0.39 is 51.1 Å². The zero-order valence-corrected chi connectivity index (χ0v) is 30.5. The average Bonchev–Trinajstić information content (AvgIpc) is 3.03. The Bertz CT molecular complexity index is 828. The van der Waals surface area contributed by atoms with Crippen LogP contribution in [0.4, 0.5) is 0 Å². The summed E-state index contributed by atoms with van der Waals surface area (Å²) in [6.07, 6.45) is 30.2. The molecular formula is C35H68NO10P. The third-order valence-electron chi connectivity index (χ3n) is 8.16. The number of aliphatic carboxylic acids is 1. The van der Waals surface area contributed by atoms with Crippen LogP contribution in [0.3, 0.4) is 0 Å². The van der Waals surface area contributed by atoms with Gasteiger partial charge in [0.1, 0.15) is 12.6 Å². The van der Waals surface area contributed by atoms with Crippen LogP contribution in [0.5, 0.6) is 0 Å². The molecule has 0 saturated heterocycles. The summed E-state index contributed by atoms with van der Waals surface area (Å²) >= 11 is 0. The molecule has 0 aromatic heterocycles. The molecule has 0 rings (SSSR count). The summed E-state index contributed by atoms with van der Waals surface area (Å²) in [5.74, 6) is -2.56. The Hall–Kier alpha value is -1.52. The molecule has 12 heteroatoms. The first-order valence-corrected chi connectivity index (χ1v) is 20.0. The van der Waals surface area contributed by atoms with Gasteiger partial charge in [-0.05, 0) is 6.42 Å². The molecule has 278 valence electrons. The standard InChI is InChI=1S/C35H68NO10P/c1-3-4-5-6-7-8-9-10-11-12-13-14-15-16-17-18-19-20-21-22-23-24-25-26-27-34(38)46-32(28-43-31(2)37)29-44-47(41,42)45-30-33(36)35(39)40/h32-33H,3-30,36H2,1-2H3,(H,39,40)(H,41,42). The lowest BCUT2D eigenvalue weighted by Gasteiger charge is -2.20. The Labute approximate surface area is 285 Å². The minimum atomic E-state index is -4.67. The minimum absolute atomic E-state index is 0.163. The van der Waals surface area contributed by atoms with Crippen molar-refractivity contribution in [3.8, 4) is 0 Å². The number of phosphoric acid groups is 1. The lowest BCUT2D eigenvalue weighted by atomic mass is 10.0. The normalized spacial score (nSPS) is 14.0. The quantitative estimate of drug-likeness (QED) is 0.0329. The lowest BCUT2D eigenvalue weighted by Crippen LogP contribution is -2.34. The molecule has 0 aromatic carbocycles. The topological polar surface area (TPSA) is 172 Å². The van der Waals surface area contributed by atoms with Crippen LogP contribution in [0, 0.1) is 0 Å². The van der Waals surface area contributed by atoms with Crippen LogP contribution in [0.2, 0.25) is 0 Å². The van der Waals surface area contributed by atoms with Gasteiger partial charge in [0.2, 0.25) is 0 Å². The van der Waals surface area contributed by atoms with Crippen LogP contribution in [-0.2, 0) is 37.5 Å². The molecule has 3 unspecified atom stereocenters. The second-order valence-electron chi connectivity index (χ2n) is 12.8. The highest BCUT2D eigenvalue weighted by atomic mass is 31.2. The Morgan fingerprint density at radius 2 is 0.979 bits per heavy atom. The van der Waals surface area contributed by atoms with Gasteiger partial charge in [0, 0.05) is 13.3 Å². The Balaban J connectivity index is 3.71. The number of hydrogen-bond donors (Lipinski definition) is 3. The van der Waals surface area contributed by atoms with E-state index >= 15 is 0 Å². The summed E-state index contributed by atoms with van der Waals surface area (Å²) in [4.78, 5) is 43.9. The van der Waals surface area contributed by atoms with Crippen LogP contribution in [0.15, 0.2) is 0 Å². The highest BCUT2D eigenvalue weighted by molar-refractivity contribution is 7.47. The van der Waals surface area contributed by atoms with Gasteiger partial charge in [-0.1, -0.05) is 155 Å². The van der Waals surface area contributed by atoms with E-state index in [0.717, 1.165) is 19.3 Å². The van der Waals surface area contributed by atoms with E-state index in [1.807, 2.05) is 0 Å². The molecule has 0 fully saturated rings. The number of esters is 2. The second kappa shape index (κ2) is 31.7. The predicted octanol–water partition coefficient (Wildman–Crippen LogP) is 8.78. The van der Waals surface area contributed by atoms with Gasteiger partial charge in [-0.2, -0.15) is 0 Å². The number of hydrogen-bond acceptors (Lipinski definition) is 9. The maximum Gasteiger partial charge on any atom is 0.472 e. The highest BCUT2D eigenvalue weighted by Crippen LogP contribution is 2.43. The maximum atomic E-state index is 12.3. The molecule has 4 N–H and O–H groups in total. The summed E-state index contributed by atoms with van der Waals surface area (Å²) in [5, 5.41) is 8.74. The first-order valence-electron chi connectivity index (χ1n) is 18.5. The van der Waals surface area contributed by atoms with E-state index in [-0.39, 0.29) is 13.0 Å². The maximum absolute atomic E-state index is 12.3. The van der Waals surface area contributed by atoms with Crippen molar-refractivity contribution in [3.63, 3.8) is 0 Å². The fraction of sp³-hybridized carbons (Fsp3) is 0.914. The van der Waals surface area contributed by atoms with Gasteiger partial charge in [0.15, 0.2) is 6.10 Å². The molecule has 0 aromatic rings. The molecule has 0 bridgehead atoms. The number of carboxylic acids is 1. The van der Waals surface area contributed by atoms with Gasteiger partial charge in [-0.15, -0.1) is 0 Å². The Morgan fingerprint density at radius 1 is 0.617 bits per heavy atom. The zero-order chi connectivity index (χ0) is 35.0. The molecule has 0 saturated carbocycles. The average molecular weight is 694 g/mol. The van der Waals surface area contributed by atoms with E-state index in [1.165, 1.54) is 135 Å². The van der Waals surface area contributed by atoms with Crippen LogP contribution in [-0.4, -0.2) is 59.9 Å². The van der Waals surface area contributed by atoms with Crippen LogP contribution in [0.25, 0.3) is 0 Å². The third kappa shape index (κ3) is 32.8. The number of carbonyl (C=O) groups excluding carboxylic acids is 2. The van der Waals surface area contributed by atoms with Gasteiger partial charge in [-0.3, -0.25) is 23.4 Å². The number of ether oxygens (including phenoxy) is 2. The van der Waals surface area contributed by atoms with Gasteiger partial charge in [0.05, 0.1) is 13.2 Å². The van der Waals surface area contributed by atoms with Crippen molar-refractivity contribution in [1.82, 2.24) is 0 Å². The van der Waals surface area contributed by atoms with Gasteiger partial charge >= 0.3 is 25.7 Å². The van der Waals surface area contributed by atoms with Crippen molar-refractivity contribution in [3.05, 3.63) is 0 Å². The molecule has 11 nitrogen and oxygen atoms in total. The van der Waals surface area contributed by atoms with E-state index in [0.29, 0.717) is 6.42 Å². The van der Waals surface area contributed by atoms with E-state index in [2.05, 4.69) is 11.4 Å². The molecule has 0 aliphatic rings. The van der Waals surface area contributed by atoms with Crippen LogP contribution in [0.1, 0.15) is 174 Å². The fourth-order valence-corrected chi connectivity index (χ4v) is 6.04. The van der Waals surface area contributed by atoms with E-state index in [1.54, 1.807) is 0 Å². The number of rotatable bonds is 35. The number of phosphoric ester groups is 1. The number of unbranched alkanes of at least 4 members (excludes halogenated alkanes) is 23. The van der Waals surface area contributed by atoms with E-state index in [4.69, 9.17) is 24.8 Å². The van der Waals surface area contributed by atoms with Crippen LogP contribution >= 0.6 is 7.82 Å². The van der Waals surface area contributed by atoms with E-state index in [9.17, 15) is 23.8 Å². The van der Waals surface area contributed by atoms with Crippen molar-refractivity contribution in [2.24, 2.45) is 5.73 Å². The zero-order valence-electron chi connectivity index (χ0n) is 29.6. The molecule has 0 aliphatic carbocycles. The number of carboxylic acid groups (broad SMARTS) is 1. The predicted molar refractivity (Wildman–Crippen MR) is 185 cm³/mol. The summed E-state index contributed by atoms with van der Waals surface area (Å²) in [5.41, 5.74) is 5.24. The summed E-state index contributed by atoms with van der Waals surface area (Å²) < 4.78 is 31.4. The molecule has 3 atom stereocenters. The largest absolute Gasteiger partial charge is 0.480 e. The highest BCUT2D eigenvalue weighted by Gasteiger charge is 2.27. The first kappa shape index (κ1) is 45.5. The molecule has 0 spiro atoms. The molecule has 47 heavy (non-hydrogen) atoms. The van der Waals surface area contributed by atoms with Crippen molar-refractivity contribution in [1.29, 1.82) is 0 Å². The molecule has 0 heterocycles. The van der Waals surface area contributed by atoms with Gasteiger partial charge in [0.25, 0.3) is 0 Å². The number of nitrogens with two attached hydrogens (primary N) is 1. The SMILES string of the molecule is CCCCCCCCCCCCCCCCCCCCCCCCCCC(=O)OC(COC(C)=O)COP(=O)(O)OCC(N)C(=O)O. The molecular weight excluding hydrogens is 625 g/mol. The van der Waals surface area contributed by atoms with Crippen LogP contribution < -0.4 is 5.73 Å².